The summed E-state index contributed by atoms with van der Waals surface area (Å²) in [5.41, 5.74) is 4.99. The molecule has 1 aliphatic rings. The molecule has 10 heteroatoms. The fourth-order valence-electron chi connectivity index (χ4n) is 2.81. The Morgan fingerprint density at radius 2 is 2.06 bits per heavy atom. The van der Waals surface area contributed by atoms with E-state index in [-0.39, 0.29) is 13.2 Å². The van der Waals surface area contributed by atoms with Gasteiger partial charge in [-0.1, -0.05) is 29.8 Å². The van der Waals surface area contributed by atoms with Crippen LogP contribution in [0.4, 0.5) is 16.6 Å². The Hall–Kier alpha value is -3.40. The molecular weight excluding hydrogens is 400 g/mol. The van der Waals surface area contributed by atoms with E-state index >= 15 is 0 Å². The van der Waals surface area contributed by atoms with Crippen LogP contribution in [0.2, 0.25) is 0 Å². The van der Waals surface area contributed by atoms with E-state index < -0.39 is 6.09 Å². The van der Waals surface area contributed by atoms with Crippen LogP contribution in [-0.4, -0.2) is 80.8 Å². The highest BCUT2D eigenvalue weighted by Crippen LogP contribution is 2.21. The number of anilines is 2. The van der Waals surface area contributed by atoms with Gasteiger partial charge in [-0.25, -0.2) is 10.2 Å². The van der Waals surface area contributed by atoms with Gasteiger partial charge in [0.2, 0.25) is 11.8 Å². The van der Waals surface area contributed by atoms with Crippen molar-refractivity contribution in [1.82, 2.24) is 14.9 Å². The van der Waals surface area contributed by atoms with Gasteiger partial charge in [0.1, 0.15) is 19.0 Å². The molecule has 1 saturated heterocycles. The average Bonchev–Trinajstić information content (AvgIpc) is 2.77. The molecule has 166 valence electrons. The van der Waals surface area contributed by atoms with E-state index in [4.69, 9.17) is 14.2 Å². The second kappa shape index (κ2) is 11.1. The Morgan fingerprint density at radius 1 is 1.26 bits per heavy atom. The highest BCUT2D eigenvalue weighted by Gasteiger charge is 2.16. The molecule has 1 aromatic heterocycles. The van der Waals surface area contributed by atoms with Crippen LogP contribution in [0.1, 0.15) is 11.1 Å². The fourth-order valence-corrected chi connectivity index (χ4v) is 2.81. The molecule has 0 spiro atoms. The minimum Gasteiger partial charge on any atom is -0.474 e. The van der Waals surface area contributed by atoms with Gasteiger partial charge in [0.05, 0.1) is 19.4 Å². The number of carbonyl (C=O) groups excluding carboxylic acids is 1. The number of carbonyl (C=O) groups is 1. The zero-order valence-corrected chi connectivity index (χ0v) is 18.1. The normalized spacial score (nSPS) is 13.8. The lowest BCUT2D eigenvalue weighted by molar-refractivity contribution is 0.101. The fraction of sp³-hybridized carbons (Fsp3) is 0.429. The Kier molecular flexibility index (Phi) is 7.99. The zero-order valence-electron chi connectivity index (χ0n) is 18.1. The quantitative estimate of drug-likeness (QED) is 0.388. The van der Waals surface area contributed by atoms with Crippen molar-refractivity contribution in [2.24, 2.45) is 5.10 Å². The molecular formula is C21H28N6O4. The van der Waals surface area contributed by atoms with Crippen LogP contribution in [0.3, 0.4) is 0 Å². The smallest absolute Gasteiger partial charge is 0.409 e. The maximum atomic E-state index is 11.5. The van der Waals surface area contributed by atoms with Gasteiger partial charge in [0.25, 0.3) is 0 Å². The maximum Gasteiger partial charge on any atom is 0.409 e. The number of amides is 1. The topological polar surface area (TPSA) is 101 Å². The molecule has 1 aliphatic heterocycles. The van der Waals surface area contributed by atoms with Gasteiger partial charge < -0.3 is 24.0 Å². The van der Waals surface area contributed by atoms with E-state index in [9.17, 15) is 4.79 Å². The molecule has 0 aliphatic carbocycles. The van der Waals surface area contributed by atoms with Crippen LogP contribution in [-0.2, 0) is 9.47 Å². The molecule has 2 aromatic rings. The second-order valence-corrected chi connectivity index (χ2v) is 7.13. The first-order chi connectivity index (χ1) is 15.0. The summed E-state index contributed by atoms with van der Waals surface area (Å²) in [6.07, 6.45) is 1.28. The van der Waals surface area contributed by atoms with Crippen molar-refractivity contribution >= 4 is 24.1 Å². The van der Waals surface area contributed by atoms with E-state index in [0.717, 1.165) is 24.2 Å². The van der Waals surface area contributed by atoms with Crippen molar-refractivity contribution < 1.29 is 19.0 Å². The number of hydrazone groups is 1. The molecule has 0 unspecified atom stereocenters. The standard InChI is InChI=1S/C21H28N6O4/c1-16-5-4-6-17(13-16)15-22-25-20-23-18(27-7-9-29-10-8-27)14-19(24-20)30-11-12-31-21(28)26(2)3/h4-6,13-15H,7-12H2,1-3H3,(H,23,24,25). The van der Waals surface area contributed by atoms with Gasteiger partial charge in [0, 0.05) is 33.3 Å². The van der Waals surface area contributed by atoms with E-state index in [1.807, 2.05) is 31.2 Å². The molecule has 0 saturated carbocycles. The lowest BCUT2D eigenvalue weighted by Gasteiger charge is -2.28. The van der Waals surface area contributed by atoms with Gasteiger partial charge in [-0.3, -0.25) is 0 Å². The predicted octanol–water partition coefficient (Wildman–Crippen LogP) is 2.14. The third-order valence-electron chi connectivity index (χ3n) is 4.37. The van der Waals surface area contributed by atoms with Gasteiger partial charge in [0.15, 0.2) is 0 Å². The Labute approximate surface area is 181 Å². The third-order valence-corrected chi connectivity index (χ3v) is 4.37. The van der Waals surface area contributed by atoms with Crippen molar-refractivity contribution in [3.8, 4) is 5.88 Å². The summed E-state index contributed by atoms with van der Waals surface area (Å²) in [5.74, 6) is 1.39. The number of aryl methyl sites for hydroxylation is 1. The summed E-state index contributed by atoms with van der Waals surface area (Å²) in [6.45, 7) is 5.03. The zero-order chi connectivity index (χ0) is 22.1. The summed E-state index contributed by atoms with van der Waals surface area (Å²) < 4.78 is 16.2. The molecule has 2 heterocycles. The number of ether oxygens (including phenoxy) is 3. The molecule has 0 radical (unpaired) electrons. The van der Waals surface area contributed by atoms with Crippen LogP contribution in [0.5, 0.6) is 5.88 Å². The number of rotatable bonds is 8. The van der Waals surface area contributed by atoms with E-state index in [1.54, 1.807) is 26.4 Å². The lowest BCUT2D eigenvalue weighted by Crippen LogP contribution is -2.36. The average molecular weight is 428 g/mol. The van der Waals surface area contributed by atoms with E-state index in [2.05, 4.69) is 25.4 Å². The number of aromatic nitrogens is 2. The van der Waals surface area contributed by atoms with Crippen molar-refractivity contribution in [3.63, 3.8) is 0 Å². The predicted molar refractivity (Wildman–Crippen MR) is 118 cm³/mol. The molecule has 0 bridgehead atoms. The van der Waals surface area contributed by atoms with Gasteiger partial charge in [-0.15, -0.1) is 0 Å². The minimum absolute atomic E-state index is 0.113. The van der Waals surface area contributed by atoms with Crippen LogP contribution in [0.25, 0.3) is 0 Å². The number of benzene rings is 1. The van der Waals surface area contributed by atoms with Crippen molar-refractivity contribution in [2.45, 2.75) is 6.92 Å². The summed E-state index contributed by atoms with van der Waals surface area (Å²) >= 11 is 0. The lowest BCUT2D eigenvalue weighted by atomic mass is 10.2. The highest BCUT2D eigenvalue weighted by atomic mass is 16.6. The number of morpholine rings is 1. The first-order valence-electron chi connectivity index (χ1n) is 10.1. The Bertz CT molecular complexity index is 899. The largest absolute Gasteiger partial charge is 0.474 e. The molecule has 31 heavy (non-hydrogen) atoms. The molecule has 1 aromatic carbocycles. The second-order valence-electron chi connectivity index (χ2n) is 7.13. The molecule has 0 atom stereocenters. The van der Waals surface area contributed by atoms with Crippen molar-refractivity contribution in [2.75, 3.05) is 63.9 Å². The Morgan fingerprint density at radius 3 is 2.81 bits per heavy atom. The summed E-state index contributed by atoms with van der Waals surface area (Å²) in [5, 5.41) is 4.25. The molecule has 3 rings (SSSR count). The monoisotopic (exact) mass is 428 g/mol. The SMILES string of the molecule is Cc1cccc(C=NNc2nc(OCCOC(=O)N(C)C)cc(N3CCOCC3)n2)c1. The maximum absolute atomic E-state index is 11.5. The highest BCUT2D eigenvalue weighted by molar-refractivity contribution is 5.80. The summed E-state index contributed by atoms with van der Waals surface area (Å²) in [7, 11) is 3.24. The van der Waals surface area contributed by atoms with Gasteiger partial charge in [-0.2, -0.15) is 15.1 Å². The van der Waals surface area contributed by atoms with Crippen LogP contribution in [0.15, 0.2) is 35.4 Å². The molecule has 1 fully saturated rings. The number of hydrogen-bond donors (Lipinski definition) is 1. The van der Waals surface area contributed by atoms with Crippen molar-refractivity contribution in [1.29, 1.82) is 0 Å². The first-order valence-corrected chi connectivity index (χ1v) is 10.1. The summed E-state index contributed by atoms with van der Waals surface area (Å²) in [4.78, 5) is 23.9. The van der Waals surface area contributed by atoms with Gasteiger partial charge in [-0.05, 0) is 12.5 Å². The Balaban J connectivity index is 1.67. The summed E-state index contributed by atoms with van der Waals surface area (Å²) in [6, 6.07) is 9.75. The third kappa shape index (κ3) is 7.10. The van der Waals surface area contributed by atoms with Crippen LogP contribution >= 0.6 is 0 Å². The number of nitrogens with zero attached hydrogens (tertiary/aromatic N) is 5. The molecule has 10 nitrogen and oxygen atoms in total. The van der Waals surface area contributed by atoms with E-state index in [1.165, 1.54) is 4.90 Å². The molecule has 1 N–H and O–H groups in total. The van der Waals surface area contributed by atoms with Crippen molar-refractivity contribution in [3.05, 3.63) is 41.5 Å². The van der Waals surface area contributed by atoms with Gasteiger partial charge >= 0.3 is 6.09 Å². The minimum atomic E-state index is -0.423. The first kappa shape index (κ1) is 22.3. The van der Waals surface area contributed by atoms with Crippen LogP contribution < -0.4 is 15.1 Å². The van der Waals surface area contributed by atoms with E-state index in [0.29, 0.717) is 30.9 Å². The molecule has 1 amide bonds. The number of hydrogen-bond acceptors (Lipinski definition) is 9. The number of nitrogens with one attached hydrogen (secondary N) is 1. The van der Waals surface area contributed by atoms with Crippen LogP contribution in [0, 0.1) is 6.92 Å².